The fourth-order valence-electron chi connectivity index (χ4n) is 1.64. The SMILES string of the molecule is CCCNc1ncc(Br)c(NCc2ccc(OC)nc2)n1. The molecule has 0 aliphatic carbocycles. The molecule has 0 atom stereocenters. The third-order valence-corrected chi connectivity index (χ3v) is 3.32. The number of rotatable bonds is 7. The van der Waals surface area contributed by atoms with Gasteiger partial charge in [-0.15, -0.1) is 0 Å². The molecule has 2 N–H and O–H groups in total. The minimum atomic E-state index is 0.605. The van der Waals surface area contributed by atoms with Crippen LogP contribution in [0.15, 0.2) is 29.0 Å². The number of nitrogens with one attached hydrogen (secondary N) is 2. The van der Waals surface area contributed by atoms with Crippen LogP contribution in [0.3, 0.4) is 0 Å². The van der Waals surface area contributed by atoms with Gasteiger partial charge in [0.15, 0.2) is 0 Å². The summed E-state index contributed by atoms with van der Waals surface area (Å²) in [5, 5.41) is 6.43. The van der Waals surface area contributed by atoms with Gasteiger partial charge in [-0.2, -0.15) is 4.98 Å². The fourth-order valence-corrected chi connectivity index (χ4v) is 1.97. The van der Waals surface area contributed by atoms with E-state index in [1.807, 2.05) is 12.1 Å². The van der Waals surface area contributed by atoms with E-state index in [1.54, 1.807) is 19.5 Å². The number of hydrogen-bond donors (Lipinski definition) is 2. The lowest BCUT2D eigenvalue weighted by atomic mass is 10.3. The van der Waals surface area contributed by atoms with Gasteiger partial charge in [0, 0.05) is 31.5 Å². The lowest BCUT2D eigenvalue weighted by molar-refractivity contribution is 0.397. The zero-order valence-corrected chi connectivity index (χ0v) is 13.6. The highest BCUT2D eigenvalue weighted by molar-refractivity contribution is 9.10. The molecule has 0 saturated heterocycles. The Balaban J connectivity index is 2.00. The molecule has 0 radical (unpaired) electrons. The average molecular weight is 352 g/mol. The van der Waals surface area contributed by atoms with Crippen LogP contribution in [0.25, 0.3) is 0 Å². The van der Waals surface area contributed by atoms with Crippen molar-refractivity contribution in [2.24, 2.45) is 0 Å². The Morgan fingerprint density at radius 1 is 1.19 bits per heavy atom. The van der Waals surface area contributed by atoms with Gasteiger partial charge in [0.05, 0.1) is 11.6 Å². The van der Waals surface area contributed by atoms with Gasteiger partial charge < -0.3 is 15.4 Å². The standard InChI is InChI=1S/C14H18BrN5O/c1-3-6-16-14-19-9-11(15)13(20-14)18-8-10-4-5-12(21-2)17-7-10/h4-5,7,9H,3,6,8H2,1-2H3,(H2,16,18,19,20). The molecule has 112 valence electrons. The number of nitrogens with zero attached hydrogens (tertiary/aromatic N) is 3. The van der Waals surface area contributed by atoms with Gasteiger partial charge in [-0.05, 0) is 27.9 Å². The van der Waals surface area contributed by atoms with Crippen LogP contribution in [0.1, 0.15) is 18.9 Å². The molecule has 0 fully saturated rings. The molecule has 2 rings (SSSR count). The average Bonchev–Trinajstić information content (AvgIpc) is 2.53. The number of aromatic nitrogens is 3. The van der Waals surface area contributed by atoms with Crippen LogP contribution in [-0.4, -0.2) is 28.6 Å². The zero-order valence-electron chi connectivity index (χ0n) is 12.1. The summed E-state index contributed by atoms with van der Waals surface area (Å²) in [5.41, 5.74) is 1.05. The largest absolute Gasteiger partial charge is 0.481 e. The molecule has 2 heterocycles. The number of methoxy groups -OCH3 is 1. The van der Waals surface area contributed by atoms with E-state index in [0.29, 0.717) is 18.4 Å². The Labute approximate surface area is 132 Å². The molecule has 0 aliphatic heterocycles. The quantitative estimate of drug-likeness (QED) is 0.798. The van der Waals surface area contributed by atoms with Crippen molar-refractivity contribution in [3.05, 3.63) is 34.6 Å². The maximum absolute atomic E-state index is 5.04. The first-order chi connectivity index (χ1) is 10.2. The third-order valence-electron chi connectivity index (χ3n) is 2.74. The number of halogens is 1. The predicted octanol–water partition coefficient (Wildman–Crippen LogP) is 3.08. The first kappa shape index (κ1) is 15.5. The number of ether oxygens (including phenoxy) is 1. The molecule has 6 nitrogen and oxygen atoms in total. The van der Waals surface area contributed by atoms with Crippen LogP contribution < -0.4 is 15.4 Å². The highest BCUT2D eigenvalue weighted by Crippen LogP contribution is 2.21. The number of anilines is 2. The lowest BCUT2D eigenvalue weighted by Crippen LogP contribution is -2.08. The minimum Gasteiger partial charge on any atom is -0.481 e. The molecule has 0 aromatic carbocycles. The Bertz CT molecular complexity index is 576. The van der Waals surface area contributed by atoms with Crippen LogP contribution in [0.2, 0.25) is 0 Å². The molecule has 0 aliphatic rings. The fraction of sp³-hybridized carbons (Fsp3) is 0.357. The Morgan fingerprint density at radius 2 is 2.05 bits per heavy atom. The van der Waals surface area contributed by atoms with Gasteiger partial charge >= 0.3 is 0 Å². The van der Waals surface area contributed by atoms with Crippen LogP contribution in [0.5, 0.6) is 5.88 Å². The Hall–Kier alpha value is -1.89. The van der Waals surface area contributed by atoms with Crippen molar-refractivity contribution in [1.82, 2.24) is 15.0 Å². The second-order valence-corrected chi connectivity index (χ2v) is 5.23. The van der Waals surface area contributed by atoms with Crippen LogP contribution in [-0.2, 0) is 6.54 Å². The highest BCUT2D eigenvalue weighted by atomic mass is 79.9. The van der Waals surface area contributed by atoms with E-state index in [0.717, 1.165) is 28.8 Å². The normalized spacial score (nSPS) is 10.2. The summed E-state index contributed by atoms with van der Waals surface area (Å²) in [7, 11) is 1.60. The molecule has 0 bridgehead atoms. The van der Waals surface area contributed by atoms with Crippen molar-refractivity contribution >= 4 is 27.7 Å². The summed E-state index contributed by atoms with van der Waals surface area (Å²) >= 11 is 3.44. The first-order valence-electron chi connectivity index (χ1n) is 6.72. The van der Waals surface area contributed by atoms with Gasteiger partial charge in [-0.3, -0.25) is 0 Å². The van der Waals surface area contributed by atoms with Crippen LogP contribution in [0, 0.1) is 0 Å². The second-order valence-electron chi connectivity index (χ2n) is 4.38. The van der Waals surface area contributed by atoms with Gasteiger partial charge in [0.25, 0.3) is 0 Å². The van der Waals surface area contributed by atoms with E-state index >= 15 is 0 Å². The molecule has 21 heavy (non-hydrogen) atoms. The van der Waals surface area contributed by atoms with E-state index < -0.39 is 0 Å². The van der Waals surface area contributed by atoms with E-state index in [1.165, 1.54) is 0 Å². The van der Waals surface area contributed by atoms with Gasteiger partial charge in [-0.25, -0.2) is 9.97 Å². The molecule has 7 heteroatoms. The molecule has 0 saturated carbocycles. The van der Waals surface area contributed by atoms with E-state index in [2.05, 4.69) is 48.4 Å². The summed E-state index contributed by atoms with van der Waals surface area (Å²) in [6.45, 7) is 3.57. The maximum Gasteiger partial charge on any atom is 0.224 e. The van der Waals surface area contributed by atoms with Crippen molar-refractivity contribution in [3.63, 3.8) is 0 Å². The highest BCUT2D eigenvalue weighted by Gasteiger charge is 2.05. The van der Waals surface area contributed by atoms with Crippen LogP contribution in [0.4, 0.5) is 11.8 Å². The van der Waals surface area contributed by atoms with Crippen molar-refractivity contribution in [2.75, 3.05) is 24.3 Å². The number of pyridine rings is 1. The minimum absolute atomic E-state index is 0.605. The summed E-state index contributed by atoms with van der Waals surface area (Å²) < 4.78 is 5.86. The molecular formula is C14H18BrN5O. The van der Waals surface area contributed by atoms with E-state index in [9.17, 15) is 0 Å². The molecule has 0 amide bonds. The van der Waals surface area contributed by atoms with E-state index in [-0.39, 0.29) is 0 Å². The van der Waals surface area contributed by atoms with Gasteiger partial charge in [-0.1, -0.05) is 13.0 Å². The topological polar surface area (TPSA) is 72.0 Å². The van der Waals surface area contributed by atoms with Crippen LogP contribution >= 0.6 is 15.9 Å². The van der Waals surface area contributed by atoms with Crippen molar-refractivity contribution < 1.29 is 4.74 Å². The van der Waals surface area contributed by atoms with Crippen molar-refractivity contribution in [2.45, 2.75) is 19.9 Å². The summed E-state index contributed by atoms with van der Waals surface area (Å²) in [6.07, 6.45) is 4.54. The molecule has 0 spiro atoms. The monoisotopic (exact) mass is 351 g/mol. The van der Waals surface area contributed by atoms with Crippen molar-refractivity contribution in [3.8, 4) is 5.88 Å². The third kappa shape index (κ3) is 4.56. The molecular weight excluding hydrogens is 334 g/mol. The summed E-state index contributed by atoms with van der Waals surface area (Å²) in [6, 6.07) is 3.80. The number of hydrogen-bond acceptors (Lipinski definition) is 6. The van der Waals surface area contributed by atoms with Gasteiger partial charge in [0.1, 0.15) is 5.82 Å². The van der Waals surface area contributed by atoms with E-state index in [4.69, 9.17) is 4.74 Å². The Kier molecular flexibility index (Phi) is 5.74. The molecule has 2 aromatic heterocycles. The van der Waals surface area contributed by atoms with Gasteiger partial charge in [0.2, 0.25) is 11.8 Å². The smallest absolute Gasteiger partial charge is 0.224 e. The predicted molar refractivity (Wildman–Crippen MR) is 86.6 cm³/mol. The molecule has 0 unspecified atom stereocenters. The molecule has 2 aromatic rings. The summed E-state index contributed by atoms with van der Waals surface area (Å²) in [5.74, 6) is 1.97. The maximum atomic E-state index is 5.04. The zero-order chi connectivity index (χ0) is 15.1. The second kappa shape index (κ2) is 7.78. The summed E-state index contributed by atoms with van der Waals surface area (Å²) in [4.78, 5) is 12.8. The lowest BCUT2D eigenvalue weighted by Gasteiger charge is -2.10. The first-order valence-corrected chi connectivity index (χ1v) is 7.51. The Morgan fingerprint density at radius 3 is 2.71 bits per heavy atom. The van der Waals surface area contributed by atoms with Crippen molar-refractivity contribution in [1.29, 1.82) is 0 Å².